The normalized spacial score (nSPS) is 11.1. The Morgan fingerprint density at radius 3 is 2.32 bits per heavy atom. The van der Waals surface area contributed by atoms with E-state index < -0.39 is 10.0 Å². The first kappa shape index (κ1) is 19.6. The maximum absolute atomic E-state index is 12.9. The van der Waals surface area contributed by atoms with Crippen LogP contribution in [-0.4, -0.2) is 21.4 Å². The van der Waals surface area contributed by atoms with Crippen molar-refractivity contribution in [3.05, 3.63) is 95.8 Å². The number of halogens is 1. The molecule has 5 nitrogen and oxygen atoms in total. The molecule has 3 aromatic rings. The van der Waals surface area contributed by atoms with Crippen molar-refractivity contribution in [1.29, 1.82) is 0 Å². The minimum Gasteiger partial charge on any atom is -0.348 e. The molecule has 0 saturated heterocycles. The lowest BCUT2D eigenvalue weighted by atomic mass is 10.1. The number of carbonyl (C=O) groups is 1. The number of rotatable bonds is 6. The van der Waals surface area contributed by atoms with Crippen LogP contribution in [-0.2, 0) is 16.6 Å². The van der Waals surface area contributed by atoms with Crippen molar-refractivity contribution >= 4 is 21.6 Å². The van der Waals surface area contributed by atoms with Gasteiger partial charge in [-0.3, -0.25) is 9.10 Å². The van der Waals surface area contributed by atoms with Crippen LogP contribution in [0.1, 0.15) is 15.9 Å². The second-order valence-electron chi connectivity index (χ2n) is 6.15. The summed E-state index contributed by atoms with van der Waals surface area (Å²) in [5, 5.41) is 2.74. The van der Waals surface area contributed by atoms with Gasteiger partial charge in [0.05, 0.1) is 10.6 Å². The Morgan fingerprint density at radius 1 is 0.964 bits per heavy atom. The Labute approximate surface area is 163 Å². The molecule has 0 saturated carbocycles. The Hall–Kier alpha value is -3.19. The van der Waals surface area contributed by atoms with Crippen molar-refractivity contribution in [1.82, 2.24) is 5.32 Å². The SMILES string of the molecule is CN(c1cccc(C(=O)NCc2ccc(F)cc2)c1)S(=O)(=O)c1ccccc1. The summed E-state index contributed by atoms with van der Waals surface area (Å²) in [6.45, 7) is 0.238. The molecule has 0 aliphatic rings. The van der Waals surface area contributed by atoms with Crippen molar-refractivity contribution in [3.8, 4) is 0 Å². The van der Waals surface area contributed by atoms with Gasteiger partial charge < -0.3 is 5.32 Å². The molecule has 7 heteroatoms. The number of amides is 1. The predicted octanol–water partition coefficient (Wildman–Crippen LogP) is 3.58. The van der Waals surface area contributed by atoms with E-state index >= 15 is 0 Å². The highest BCUT2D eigenvalue weighted by Crippen LogP contribution is 2.22. The molecule has 3 rings (SSSR count). The first-order chi connectivity index (χ1) is 13.4. The van der Waals surface area contributed by atoms with E-state index in [0.717, 1.165) is 9.87 Å². The van der Waals surface area contributed by atoms with Crippen LogP contribution in [0, 0.1) is 5.82 Å². The van der Waals surface area contributed by atoms with Gasteiger partial charge in [0.25, 0.3) is 15.9 Å². The maximum atomic E-state index is 12.9. The Morgan fingerprint density at radius 2 is 1.64 bits per heavy atom. The van der Waals surface area contributed by atoms with Crippen molar-refractivity contribution in [2.24, 2.45) is 0 Å². The zero-order valence-corrected chi connectivity index (χ0v) is 16.0. The maximum Gasteiger partial charge on any atom is 0.264 e. The fourth-order valence-electron chi connectivity index (χ4n) is 2.62. The lowest BCUT2D eigenvalue weighted by Gasteiger charge is -2.20. The van der Waals surface area contributed by atoms with E-state index in [0.29, 0.717) is 11.3 Å². The van der Waals surface area contributed by atoms with E-state index in [2.05, 4.69) is 5.32 Å². The second kappa shape index (κ2) is 8.22. The van der Waals surface area contributed by atoms with Crippen LogP contribution in [0.3, 0.4) is 0 Å². The number of hydrogen-bond donors (Lipinski definition) is 1. The van der Waals surface area contributed by atoms with Crippen molar-refractivity contribution in [3.63, 3.8) is 0 Å². The fourth-order valence-corrected chi connectivity index (χ4v) is 3.83. The van der Waals surface area contributed by atoms with Crippen LogP contribution in [0.4, 0.5) is 10.1 Å². The molecule has 0 aliphatic heterocycles. The number of hydrogen-bond acceptors (Lipinski definition) is 3. The van der Waals surface area contributed by atoms with Crippen molar-refractivity contribution in [2.45, 2.75) is 11.4 Å². The van der Waals surface area contributed by atoms with E-state index in [1.54, 1.807) is 48.5 Å². The molecule has 0 unspecified atom stereocenters. The summed E-state index contributed by atoms with van der Waals surface area (Å²) in [5.41, 5.74) is 1.46. The summed E-state index contributed by atoms with van der Waals surface area (Å²) in [7, 11) is -2.29. The smallest absolute Gasteiger partial charge is 0.264 e. The topological polar surface area (TPSA) is 66.5 Å². The van der Waals surface area contributed by atoms with Crippen LogP contribution in [0.25, 0.3) is 0 Å². The summed E-state index contributed by atoms with van der Waals surface area (Å²) >= 11 is 0. The van der Waals surface area contributed by atoms with E-state index in [9.17, 15) is 17.6 Å². The molecule has 0 heterocycles. The third-order valence-electron chi connectivity index (χ3n) is 4.24. The van der Waals surface area contributed by atoms with E-state index in [4.69, 9.17) is 0 Å². The first-order valence-electron chi connectivity index (χ1n) is 8.54. The number of benzene rings is 3. The Balaban J connectivity index is 1.76. The molecule has 0 fully saturated rings. The molecule has 1 N–H and O–H groups in total. The molecule has 0 aromatic heterocycles. The van der Waals surface area contributed by atoms with Gasteiger partial charge in [-0.15, -0.1) is 0 Å². The third-order valence-corrected chi connectivity index (χ3v) is 6.04. The van der Waals surface area contributed by atoms with E-state index in [1.807, 2.05) is 0 Å². The number of sulfonamides is 1. The van der Waals surface area contributed by atoms with Crippen molar-refractivity contribution in [2.75, 3.05) is 11.4 Å². The highest BCUT2D eigenvalue weighted by atomic mass is 32.2. The number of nitrogens with zero attached hydrogens (tertiary/aromatic N) is 1. The molecule has 3 aromatic carbocycles. The lowest BCUT2D eigenvalue weighted by Crippen LogP contribution is -2.27. The zero-order chi connectivity index (χ0) is 20.1. The molecule has 1 amide bonds. The summed E-state index contributed by atoms with van der Waals surface area (Å²) in [6.07, 6.45) is 0. The summed E-state index contributed by atoms with van der Waals surface area (Å²) in [4.78, 5) is 12.6. The van der Waals surface area contributed by atoms with Gasteiger partial charge in [0.15, 0.2) is 0 Å². The Kier molecular flexibility index (Phi) is 5.75. The average molecular weight is 398 g/mol. The quantitative estimate of drug-likeness (QED) is 0.690. The van der Waals surface area contributed by atoms with Gasteiger partial charge in [-0.2, -0.15) is 0 Å². The van der Waals surface area contributed by atoms with Gasteiger partial charge in [-0.1, -0.05) is 36.4 Å². The van der Waals surface area contributed by atoms with Gasteiger partial charge in [-0.05, 0) is 48.0 Å². The van der Waals surface area contributed by atoms with E-state index in [-0.39, 0.29) is 23.2 Å². The van der Waals surface area contributed by atoms with Crippen LogP contribution in [0.2, 0.25) is 0 Å². The highest BCUT2D eigenvalue weighted by molar-refractivity contribution is 7.92. The monoisotopic (exact) mass is 398 g/mol. The number of anilines is 1. The summed E-state index contributed by atoms with van der Waals surface area (Å²) < 4.78 is 39.6. The minimum absolute atomic E-state index is 0.170. The van der Waals surface area contributed by atoms with Gasteiger partial charge in [0.1, 0.15) is 5.82 Å². The fraction of sp³-hybridized carbons (Fsp3) is 0.0952. The van der Waals surface area contributed by atoms with Crippen LogP contribution in [0.15, 0.2) is 83.8 Å². The van der Waals surface area contributed by atoms with E-state index in [1.165, 1.54) is 37.4 Å². The molecule has 0 bridgehead atoms. The molecular formula is C21H19FN2O3S. The van der Waals surface area contributed by atoms with Gasteiger partial charge in [-0.25, -0.2) is 12.8 Å². The van der Waals surface area contributed by atoms with Crippen LogP contribution < -0.4 is 9.62 Å². The second-order valence-corrected chi connectivity index (χ2v) is 8.11. The van der Waals surface area contributed by atoms with Gasteiger partial charge in [0, 0.05) is 19.2 Å². The molecule has 28 heavy (non-hydrogen) atoms. The lowest BCUT2D eigenvalue weighted by molar-refractivity contribution is 0.0951. The summed E-state index contributed by atoms with van der Waals surface area (Å²) in [5.74, 6) is -0.692. The molecule has 0 radical (unpaired) electrons. The standard InChI is InChI=1S/C21H19FN2O3S/c1-24(28(26,27)20-8-3-2-4-9-20)19-7-5-6-17(14-19)21(25)23-15-16-10-12-18(22)13-11-16/h2-14H,15H2,1H3,(H,23,25). The highest BCUT2D eigenvalue weighted by Gasteiger charge is 2.21. The third kappa shape index (κ3) is 4.37. The number of nitrogens with one attached hydrogen (secondary N) is 1. The van der Waals surface area contributed by atoms with Crippen molar-refractivity contribution < 1.29 is 17.6 Å². The minimum atomic E-state index is -3.73. The molecule has 0 aliphatic carbocycles. The molecular weight excluding hydrogens is 379 g/mol. The molecule has 144 valence electrons. The zero-order valence-electron chi connectivity index (χ0n) is 15.2. The van der Waals surface area contributed by atoms with Crippen LogP contribution >= 0.6 is 0 Å². The van der Waals surface area contributed by atoms with Gasteiger partial charge >= 0.3 is 0 Å². The average Bonchev–Trinajstić information content (AvgIpc) is 2.73. The Bertz CT molecular complexity index is 1070. The molecule has 0 spiro atoms. The number of carbonyl (C=O) groups excluding carboxylic acids is 1. The van der Waals surface area contributed by atoms with Crippen LogP contribution in [0.5, 0.6) is 0 Å². The largest absolute Gasteiger partial charge is 0.348 e. The summed E-state index contributed by atoms with van der Waals surface area (Å²) in [6, 6.07) is 20.3. The predicted molar refractivity (Wildman–Crippen MR) is 106 cm³/mol. The first-order valence-corrected chi connectivity index (χ1v) is 9.98. The van der Waals surface area contributed by atoms with Gasteiger partial charge in [0.2, 0.25) is 0 Å². The molecule has 0 atom stereocenters.